The van der Waals surface area contributed by atoms with E-state index in [0.29, 0.717) is 29.7 Å². The van der Waals surface area contributed by atoms with Gasteiger partial charge < -0.3 is 14.4 Å². The van der Waals surface area contributed by atoms with Gasteiger partial charge in [-0.2, -0.15) is 5.26 Å². The molecule has 0 atom stereocenters. The van der Waals surface area contributed by atoms with Crippen molar-refractivity contribution < 1.29 is 14.3 Å². The average molecular weight is 490 g/mol. The summed E-state index contributed by atoms with van der Waals surface area (Å²) in [4.78, 5) is 14.7. The molecule has 1 N–H and O–H groups in total. The fourth-order valence-corrected chi connectivity index (χ4v) is 4.36. The van der Waals surface area contributed by atoms with Crippen molar-refractivity contribution in [3.05, 3.63) is 64.7 Å². The molecule has 180 valence electrons. The summed E-state index contributed by atoms with van der Waals surface area (Å²) in [5, 5.41) is 21.5. The maximum atomic E-state index is 12.6. The number of carbonyl (C=O) groups is 1. The molecule has 0 unspecified atom stereocenters. The van der Waals surface area contributed by atoms with Crippen LogP contribution in [0.2, 0.25) is 0 Å². The van der Waals surface area contributed by atoms with Crippen LogP contribution in [0.1, 0.15) is 29.5 Å². The van der Waals surface area contributed by atoms with Gasteiger partial charge in [0.1, 0.15) is 36.4 Å². The fourth-order valence-electron chi connectivity index (χ4n) is 3.56. The molecule has 0 radical (unpaired) electrons. The molecule has 0 aliphatic carbocycles. The number of hydrogen-bond acceptors (Lipinski definition) is 8. The summed E-state index contributed by atoms with van der Waals surface area (Å²) < 4.78 is 11.5. The Morgan fingerprint density at radius 3 is 2.43 bits per heavy atom. The highest BCUT2D eigenvalue weighted by Gasteiger charge is 2.18. The maximum absolute atomic E-state index is 12.6. The molecule has 1 aliphatic rings. The number of benzene rings is 2. The van der Waals surface area contributed by atoms with Crippen molar-refractivity contribution in [2.75, 3.05) is 36.5 Å². The second-order valence-corrected chi connectivity index (χ2v) is 9.18. The van der Waals surface area contributed by atoms with Crippen LogP contribution in [0.4, 0.5) is 10.3 Å². The molecule has 3 aromatic rings. The first kappa shape index (κ1) is 24.2. The van der Waals surface area contributed by atoms with Gasteiger partial charge in [0, 0.05) is 13.1 Å². The Labute approximate surface area is 208 Å². The SMILES string of the molecule is Cc1ccc(OCCOc2ccc(/C=C(/C#N)C(=O)Nc3nnc(N4CCCC4)s3)cc2)cc1C. The Morgan fingerprint density at radius 1 is 1.06 bits per heavy atom. The third-order valence-electron chi connectivity index (χ3n) is 5.67. The summed E-state index contributed by atoms with van der Waals surface area (Å²) in [6, 6.07) is 15.1. The van der Waals surface area contributed by atoms with Crippen molar-refractivity contribution in [2.45, 2.75) is 26.7 Å². The number of nitriles is 1. The van der Waals surface area contributed by atoms with Gasteiger partial charge in [-0.3, -0.25) is 10.1 Å². The van der Waals surface area contributed by atoms with Crippen LogP contribution in [-0.2, 0) is 4.79 Å². The van der Waals surface area contributed by atoms with E-state index in [-0.39, 0.29) is 5.57 Å². The monoisotopic (exact) mass is 489 g/mol. The smallest absolute Gasteiger partial charge is 0.268 e. The van der Waals surface area contributed by atoms with Crippen molar-refractivity contribution in [2.24, 2.45) is 0 Å². The highest BCUT2D eigenvalue weighted by Crippen LogP contribution is 2.27. The Morgan fingerprint density at radius 2 is 1.74 bits per heavy atom. The van der Waals surface area contributed by atoms with E-state index >= 15 is 0 Å². The van der Waals surface area contributed by atoms with Crippen LogP contribution in [0.25, 0.3) is 6.08 Å². The van der Waals surface area contributed by atoms with E-state index in [4.69, 9.17) is 9.47 Å². The number of aromatic nitrogens is 2. The molecule has 1 aromatic heterocycles. The predicted octanol–water partition coefficient (Wildman–Crippen LogP) is 4.76. The summed E-state index contributed by atoms with van der Waals surface area (Å²) in [6.45, 7) is 6.84. The minimum atomic E-state index is -0.513. The molecule has 4 rings (SSSR count). The van der Waals surface area contributed by atoms with Gasteiger partial charge in [-0.25, -0.2) is 0 Å². The minimum Gasteiger partial charge on any atom is -0.490 e. The molecule has 2 heterocycles. The number of amides is 1. The molecule has 1 aliphatic heterocycles. The molecule has 1 amide bonds. The molecule has 2 aromatic carbocycles. The lowest BCUT2D eigenvalue weighted by Gasteiger charge is -2.10. The van der Waals surface area contributed by atoms with Crippen LogP contribution in [0.15, 0.2) is 48.0 Å². The largest absolute Gasteiger partial charge is 0.490 e. The number of anilines is 2. The summed E-state index contributed by atoms with van der Waals surface area (Å²) in [5.41, 5.74) is 3.11. The third kappa shape index (κ3) is 6.58. The summed E-state index contributed by atoms with van der Waals surface area (Å²) in [5.74, 6) is 0.984. The zero-order valence-electron chi connectivity index (χ0n) is 19.8. The summed E-state index contributed by atoms with van der Waals surface area (Å²) >= 11 is 1.31. The van der Waals surface area contributed by atoms with Crippen LogP contribution in [-0.4, -0.2) is 42.4 Å². The molecule has 0 saturated carbocycles. The number of aryl methyl sites for hydroxylation is 2. The molecule has 0 spiro atoms. The van der Waals surface area contributed by atoms with Crippen molar-refractivity contribution >= 4 is 33.6 Å². The molecule has 8 nitrogen and oxygen atoms in total. The van der Waals surface area contributed by atoms with E-state index in [1.54, 1.807) is 24.3 Å². The minimum absolute atomic E-state index is 0.0154. The lowest BCUT2D eigenvalue weighted by Crippen LogP contribution is -2.17. The van der Waals surface area contributed by atoms with Crippen molar-refractivity contribution in [1.29, 1.82) is 5.26 Å². The van der Waals surface area contributed by atoms with Gasteiger partial charge in [0.15, 0.2) is 0 Å². The average Bonchev–Trinajstić information content (AvgIpc) is 3.55. The van der Waals surface area contributed by atoms with E-state index in [2.05, 4.69) is 34.3 Å². The Balaban J connectivity index is 1.28. The number of rotatable bonds is 9. The van der Waals surface area contributed by atoms with Crippen LogP contribution in [0, 0.1) is 25.2 Å². The van der Waals surface area contributed by atoms with Crippen LogP contribution in [0.5, 0.6) is 11.5 Å². The van der Waals surface area contributed by atoms with Gasteiger partial charge >= 0.3 is 0 Å². The van der Waals surface area contributed by atoms with Gasteiger partial charge in [-0.1, -0.05) is 29.5 Å². The van der Waals surface area contributed by atoms with E-state index in [1.165, 1.54) is 28.5 Å². The zero-order valence-corrected chi connectivity index (χ0v) is 20.6. The number of hydrogen-bond donors (Lipinski definition) is 1. The van der Waals surface area contributed by atoms with Crippen molar-refractivity contribution in [3.63, 3.8) is 0 Å². The quantitative estimate of drug-likeness (QED) is 0.263. The summed E-state index contributed by atoms with van der Waals surface area (Å²) in [6.07, 6.45) is 3.80. The van der Waals surface area contributed by atoms with Crippen molar-refractivity contribution in [1.82, 2.24) is 10.2 Å². The molecule has 0 bridgehead atoms. The lowest BCUT2D eigenvalue weighted by atomic mass is 10.1. The van der Waals surface area contributed by atoms with Gasteiger partial charge in [-0.15, -0.1) is 10.2 Å². The van der Waals surface area contributed by atoms with Crippen LogP contribution in [0.3, 0.4) is 0 Å². The van der Waals surface area contributed by atoms with Gasteiger partial charge in [0.25, 0.3) is 5.91 Å². The maximum Gasteiger partial charge on any atom is 0.268 e. The van der Waals surface area contributed by atoms with Gasteiger partial charge in [-0.05, 0) is 73.7 Å². The molecule has 1 fully saturated rings. The highest BCUT2D eigenvalue weighted by atomic mass is 32.1. The second kappa shape index (κ2) is 11.5. The Bertz CT molecular complexity index is 1240. The first-order chi connectivity index (χ1) is 17.0. The second-order valence-electron chi connectivity index (χ2n) is 8.22. The van der Waals surface area contributed by atoms with Crippen molar-refractivity contribution in [3.8, 4) is 17.6 Å². The Hall–Kier alpha value is -3.90. The molecule has 35 heavy (non-hydrogen) atoms. The number of ether oxygens (including phenoxy) is 2. The molecular weight excluding hydrogens is 462 g/mol. The van der Waals surface area contributed by atoms with E-state index in [0.717, 1.165) is 36.8 Å². The molecule has 1 saturated heterocycles. The molecular formula is C26H27N5O3S. The van der Waals surface area contributed by atoms with Gasteiger partial charge in [0.2, 0.25) is 10.3 Å². The van der Waals surface area contributed by atoms with Gasteiger partial charge in [0.05, 0.1) is 0 Å². The highest BCUT2D eigenvalue weighted by molar-refractivity contribution is 7.19. The lowest BCUT2D eigenvalue weighted by molar-refractivity contribution is -0.112. The first-order valence-electron chi connectivity index (χ1n) is 11.5. The Kier molecular flexibility index (Phi) is 7.95. The fraction of sp³-hybridized carbons (Fsp3) is 0.308. The van der Waals surface area contributed by atoms with E-state index in [1.807, 2.05) is 24.3 Å². The molecule has 9 heteroatoms. The topological polar surface area (TPSA) is 100 Å². The zero-order chi connectivity index (χ0) is 24.6. The number of nitrogens with one attached hydrogen (secondary N) is 1. The van der Waals surface area contributed by atoms with Crippen LogP contribution < -0.4 is 19.7 Å². The number of carbonyl (C=O) groups excluding carboxylic acids is 1. The summed E-state index contributed by atoms with van der Waals surface area (Å²) in [7, 11) is 0. The van der Waals surface area contributed by atoms with E-state index < -0.39 is 5.91 Å². The third-order valence-corrected chi connectivity index (χ3v) is 6.57. The van der Waals surface area contributed by atoms with Crippen LogP contribution >= 0.6 is 11.3 Å². The standard InChI is InChI=1S/C26H27N5O3S/c1-18-5-8-23(15-19(18)2)34-14-13-33-22-9-6-20(7-10-22)16-21(17-27)24(32)28-25-29-30-26(35-25)31-11-3-4-12-31/h5-10,15-16H,3-4,11-14H2,1-2H3,(H,28,29,32)/b21-16-. The van der Waals surface area contributed by atoms with E-state index in [9.17, 15) is 10.1 Å². The normalized spacial score (nSPS) is 13.4. The predicted molar refractivity (Wildman–Crippen MR) is 137 cm³/mol. The first-order valence-corrected chi connectivity index (χ1v) is 12.3. The number of nitrogens with zero attached hydrogens (tertiary/aromatic N) is 4.